The first-order valence-electron chi connectivity index (χ1n) is 7.70. The molecule has 0 aliphatic heterocycles. The smallest absolute Gasteiger partial charge is 0.304 e. The SMILES string of the molecule is Cc1ccc(C(=O)Nc2nc(=O)n(S(=O)c3ccc(Cl)cc3)cc2F)cc1. The second-order valence-corrected chi connectivity index (χ2v) is 7.37. The van der Waals surface area contributed by atoms with Gasteiger partial charge in [0.1, 0.15) is 0 Å². The van der Waals surface area contributed by atoms with Crippen LogP contribution in [0, 0.1) is 12.7 Å². The van der Waals surface area contributed by atoms with E-state index >= 15 is 0 Å². The van der Waals surface area contributed by atoms with Crippen LogP contribution in [0.4, 0.5) is 10.2 Å². The summed E-state index contributed by atoms with van der Waals surface area (Å²) in [5.74, 6) is -2.13. The Labute approximate surface area is 161 Å². The first-order valence-corrected chi connectivity index (χ1v) is 9.18. The number of rotatable bonds is 4. The van der Waals surface area contributed by atoms with Gasteiger partial charge in [-0.25, -0.2) is 17.4 Å². The number of hydrogen-bond donors (Lipinski definition) is 1. The maximum atomic E-state index is 14.3. The van der Waals surface area contributed by atoms with Gasteiger partial charge in [0, 0.05) is 10.6 Å². The molecule has 0 aliphatic rings. The molecular formula is C18H13ClFN3O3S. The fourth-order valence-corrected chi connectivity index (χ4v) is 3.27. The highest BCUT2D eigenvalue weighted by molar-refractivity contribution is 7.83. The summed E-state index contributed by atoms with van der Waals surface area (Å²) in [5.41, 5.74) is 0.280. The molecule has 1 N–H and O–H groups in total. The van der Waals surface area contributed by atoms with Crippen molar-refractivity contribution in [2.45, 2.75) is 11.8 Å². The minimum Gasteiger partial charge on any atom is -0.304 e. The molecule has 0 saturated carbocycles. The number of halogens is 2. The lowest BCUT2D eigenvalue weighted by molar-refractivity contribution is 0.102. The van der Waals surface area contributed by atoms with Gasteiger partial charge in [-0.1, -0.05) is 29.3 Å². The summed E-state index contributed by atoms with van der Waals surface area (Å²) in [5, 5.41) is 2.68. The Morgan fingerprint density at radius 3 is 2.41 bits per heavy atom. The third-order valence-electron chi connectivity index (χ3n) is 3.59. The van der Waals surface area contributed by atoms with E-state index in [0.29, 0.717) is 9.00 Å². The summed E-state index contributed by atoms with van der Waals surface area (Å²) in [6, 6.07) is 12.5. The Balaban J connectivity index is 1.87. The normalized spacial score (nSPS) is 11.8. The molecule has 0 radical (unpaired) electrons. The van der Waals surface area contributed by atoms with Gasteiger partial charge in [-0.3, -0.25) is 4.79 Å². The fourth-order valence-electron chi connectivity index (χ4n) is 2.17. The summed E-state index contributed by atoms with van der Waals surface area (Å²) in [6.07, 6.45) is 0.741. The van der Waals surface area contributed by atoms with E-state index in [1.807, 2.05) is 6.92 Å². The molecule has 6 nitrogen and oxygen atoms in total. The zero-order valence-electron chi connectivity index (χ0n) is 14.0. The number of carbonyl (C=O) groups is 1. The third kappa shape index (κ3) is 4.29. The average Bonchev–Trinajstić information content (AvgIpc) is 2.65. The summed E-state index contributed by atoms with van der Waals surface area (Å²) < 4.78 is 27.4. The molecule has 1 amide bonds. The predicted molar refractivity (Wildman–Crippen MR) is 101 cm³/mol. The molecular weight excluding hydrogens is 393 g/mol. The maximum Gasteiger partial charge on any atom is 0.362 e. The summed E-state index contributed by atoms with van der Waals surface area (Å²) in [7, 11) is -2.01. The highest BCUT2D eigenvalue weighted by Gasteiger charge is 2.16. The van der Waals surface area contributed by atoms with Gasteiger partial charge >= 0.3 is 5.69 Å². The molecule has 2 aromatic carbocycles. The number of aromatic nitrogens is 2. The monoisotopic (exact) mass is 405 g/mol. The molecule has 9 heteroatoms. The van der Waals surface area contributed by atoms with Crippen molar-refractivity contribution in [1.82, 2.24) is 8.96 Å². The second-order valence-electron chi connectivity index (χ2n) is 5.57. The first kappa shape index (κ1) is 18.9. The van der Waals surface area contributed by atoms with Gasteiger partial charge in [0.15, 0.2) is 22.6 Å². The Bertz CT molecular complexity index is 1080. The van der Waals surface area contributed by atoms with Gasteiger partial charge in [-0.05, 0) is 43.3 Å². The number of anilines is 1. The highest BCUT2D eigenvalue weighted by atomic mass is 35.5. The van der Waals surface area contributed by atoms with Crippen molar-refractivity contribution in [3.63, 3.8) is 0 Å². The van der Waals surface area contributed by atoms with E-state index in [9.17, 15) is 18.2 Å². The molecule has 1 aromatic heterocycles. The number of benzene rings is 2. The van der Waals surface area contributed by atoms with Gasteiger partial charge < -0.3 is 5.32 Å². The van der Waals surface area contributed by atoms with Crippen LogP contribution in [0.1, 0.15) is 15.9 Å². The molecule has 0 aliphatic carbocycles. The van der Waals surface area contributed by atoms with E-state index < -0.39 is 34.2 Å². The summed E-state index contributed by atoms with van der Waals surface area (Å²) in [4.78, 5) is 28.1. The van der Waals surface area contributed by atoms with Crippen molar-refractivity contribution in [1.29, 1.82) is 0 Å². The molecule has 0 bridgehead atoms. The van der Waals surface area contributed by atoms with Crippen molar-refractivity contribution >= 4 is 34.3 Å². The summed E-state index contributed by atoms with van der Waals surface area (Å²) >= 11 is 5.77. The predicted octanol–water partition coefficient (Wildman–Crippen LogP) is 3.17. The number of aryl methyl sites for hydroxylation is 1. The van der Waals surface area contributed by atoms with E-state index in [4.69, 9.17) is 11.6 Å². The topological polar surface area (TPSA) is 81.1 Å². The molecule has 3 rings (SSSR count). The summed E-state index contributed by atoms with van der Waals surface area (Å²) in [6.45, 7) is 1.86. The third-order valence-corrected chi connectivity index (χ3v) is 5.14. The Hall–Kier alpha value is -2.84. The first-order chi connectivity index (χ1) is 12.8. The molecule has 0 fully saturated rings. The number of carbonyl (C=O) groups excluding carboxylic acids is 1. The molecule has 1 unspecified atom stereocenters. The van der Waals surface area contributed by atoms with Gasteiger partial charge in [-0.2, -0.15) is 4.98 Å². The molecule has 138 valence electrons. The Morgan fingerprint density at radius 2 is 1.78 bits per heavy atom. The molecule has 3 aromatic rings. The van der Waals surface area contributed by atoms with E-state index in [2.05, 4.69) is 10.3 Å². The average molecular weight is 406 g/mol. The molecule has 27 heavy (non-hydrogen) atoms. The second kappa shape index (κ2) is 7.81. The lowest BCUT2D eigenvalue weighted by atomic mass is 10.1. The Morgan fingerprint density at radius 1 is 1.15 bits per heavy atom. The number of nitrogens with one attached hydrogen (secondary N) is 1. The van der Waals surface area contributed by atoms with Crippen LogP contribution >= 0.6 is 11.6 Å². The van der Waals surface area contributed by atoms with Gasteiger partial charge in [-0.15, -0.1) is 0 Å². The van der Waals surface area contributed by atoms with Crippen molar-refractivity contribution < 1.29 is 13.4 Å². The molecule has 1 heterocycles. The van der Waals surface area contributed by atoms with Crippen molar-refractivity contribution in [2.24, 2.45) is 0 Å². The van der Waals surface area contributed by atoms with Crippen molar-refractivity contribution in [3.05, 3.63) is 87.2 Å². The van der Waals surface area contributed by atoms with Crippen LogP contribution in [-0.2, 0) is 11.0 Å². The van der Waals surface area contributed by atoms with E-state index in [-0.39, 0.29) is 10.5 Å². The van der Waals surface area contributed by atoms with Crippen LogP contribution in [0.3, 0.4) is 0 Å². The van der Waals surface area contributed by atoms with Gasteiger partial charge in [0.25, 0.3) is 5.91 Å². The van der Waals surface area contributed by atoms with Crippen LogP contribution < -0.4 is 11.0 Å². The highest BCUT2D eigenvalue weighted by Crippen LogP contribution is 2.15. The van der Waals surface area contributed by atoms with Crippen LogP contribution in [0.15, 0.2) is 64.4 Å². The lowest BCUT2D eigenvalue weighted by Gasteiger charge is -2.09. The minimum atomic E-state index is -2.01. The largest absolute Gasteiger partial charge is 0.362 e. The van der Waals surface area contributed by atoms with Crippen LogP contribution in [0.25, 0.3) is 0 Å². The number of nitrogens with zero attached hydrogens (tertiary/aromatic N) is 2. The molecule has 0 saturated heterocycles. The lowest BCUT2D eigenvalue weighted by Crippen LogP contribution is -2.28. The minimum absolute atomic E-state index is 0.249. The molecule has 1 atom stereocenters. The van der Waals surface area contributed by atoms with E-state index in [0.717, 1.165) is 11.8 Å². The maximum absolute atomic E-state index is 14.3. The number of hydrogen-bond acceptors (Lipinski definition) is 4. The van der Waals surface area contributed by atoms with Crippen LogP contribution in [0.2, 0.25) is 5.02 Å². The zero-order chi connectivity index (χ0) is 19.6. The van der Waals surface area contributed by atoms with Crippen molar-refractivity contribution in [2.75, 3.05) is 5.32 Å². The van der Waals surface area contributed by atoms with Gasteiger partial charge in [0.05, 0.1) is 11.1 Å². The van der Waals surface area contributed by atoms with Crippen LogP contribution in [0.5, 0.6) is 0 Å². The molecule has 0 spiro atoms. The van der Waals surface area contributed by atoms with Crippen LogP contribution in [-0.4, -0.2) is 19.1 Å². The fraction of sp³-hybridized carbons (Fsp3) is 0.0556. The van der Waals surface area contributed by atoms with E-state index in [1.165, 1.54) is 24.3 Å². The zero-order valence-corrected chi connectivity index (χ0v) is 15.6. The quantitative estimate of drug-likeness (QED) is 0.722. The standard InChI is InChI=1S/C18H13ClFN3O3S/c1-11-2-4-12(5-3-11)17(24)21-16-15(20)10-23(18(25)22-16)27(26)14-8-6-13(19)7-9-14/h2-10H,1H3,(H,21,22,24,25). The number of amides is 1. The van der Waals surface area contributed by atoms with Gasteiger partial charge in [0.2, 0.25) is 0 Å². The Kier molecular flexibility index (Phi) is 5.48. The van der Waals surface area contributed by atoms with E-state index in [1.54, 1.807) is 24.3 Å². The van der Waals surface area contributed by atoms with Crippen molar-refractivity contribution in [3.8, 4) is 0 Å².